The predicted octanol–water partition coefficient (Wildman–Crippen LogP) is 2.79. The van der Waals surface area contributed by atoms with Crippen LogP contribution < -0.4 is 0 Å². The van der Waals surface area contributed by atoms with Gasteiger partial charge in [0.05, 0.1) is 0 Å². The van der Waals surface area contributed by atoms with Crippen molar-refractivity contribution in [3.05, 3.63) is 0 Å². The molecule has 1 nitrogen and oxygen atoms in total. The molecule has 0 aromatic carbocycles. The van der Waals surface area contributed by atoms with Gasteiger partial charge in [-0.05, 0) is 18.3 Å². The summed E-state index contributed by atoms with van der Waals surface area (Å²) in [5.74, 6) is 0.453. The molecule has 0 atom stereocenters. The number of Topliss-reactive ketones (excluding diaryl/α,β-unsaturated/α-hetero) is 1. The van der Waals surface area contributed by atoms with Gasteiger partial charge in [0.2, 0.25) is 0 Å². The van der Waals surface area contributed by atoms with Crippen LogP contribution in [0.2, 0.25) is 0 Å². The van der Waals surface area contributed by atoms with E-state index in [1.807, 2.05) is 0 Å². The van der Waals surface area contributed by atoms with E-state index in [0.717, 1.165) is 25.7 Å². The van der Waals surface area contributed by atoms with Crippen LogP contribution in [0, 0.1) is 5.41 Å². The lowest BCUT2D eigenvalue weighted by Gasteiger charge is -2.27. The van der Waals surface area contributed by atoms with E-state index in [1.165, 1.54) is 0 Å². The maximum atomic E-state index is 10.8. The van der Waals surface area contributed by atoms with Gasteiger partial charge < -0.3 is 0 Å². The number of hydrogen-bond acceptors (Lipinski definition) is 1. The summed E-state index contributed by atoms with van der Waals surface area (Å²) in [5, 5.41) is 0. The van der Waals surface area contributed by atoms with Gasteiger partial charge in [-0.3, -0.25) is 4.79 Å². The van der Waals surface area contributed by atoms with E-state index in [2.05, 4.69) is 13.8 Å². The Balaban J connectivity index is 0.000000810. The second-order valence-electron chi connectivity index (χ2n) is 3.70. The highest BCUT2D eigenvalue weighted by Gasteiger charge is 2.24. The molecule has 1 aliphatic rings. The fourth-order valence-electron chi connectivity index (χ4n) is 1.21. The van der Waals surface area contributed by atoms with E-state index in [4.69, 9.17) is 0 Å². The van der Waals surface area contributed by atoms with Crippen LogP contribution in [-0.4, -0.2) is 5.78 Å². The topological polar surface area (TPSA) is 17.1 Å². The second-order valence-corrected chi connectivity index (χ2v) is 3.70. The van der Waals surface area contributed by atoms with Crippen LogP contribution in [0.15, 0.2) is 0 Å². The van der Waals surface area contributed by atoms with Crippen molar-refractivity contribution < 1.29 is 4.79 Å². The Bertz CT molecular complexity index is 113. The molecule has 1 rings (SSSR count). The molecule has 0 aliphatic heterocycles. The highest BCUT2D eigenvalue weighted by Crippen LogP contribution is 2.32. The molecule has 1 fully saturated rings. The molecule has 1 saturated carbocycles. The summed E-state index contributed by atoms with van der Waals surface area (Å²) in [5.41, 5.74) is 0.438. The van der Waals surface area contributed by atoms with E-state index in [1.54, 1.807) is 0 Å². The number of rotatable bonds is 0. The quantitative estimate of drug-likeness (QED) is 0.508. The van der Waals surface area contributed by atoms with Gasteiger partial charge in [0.1, 0.15) is 5.78 Å². The smallest absolute Gasteiger partial charge is 0.132 e. The maximum Gasteiger partial charge on any atom is 0.132 e. The Hall–Kier alpha value is -0.330. The van der Waals surface area contributed by atoms with Gasteiger partial charge in [0, 0.05) is 12.8 Å². The molecule has 0 unspecified atom stereocenters. The zero-order valence-electron chi connectivity index (χ0n) is 6.24. The molecule has 0 heterocycles. The SMILES string of the molecule is C.CC1(C)CCC(=O)CC1. The Labute approximate surface area is 63.8 Å². The van der Waals surface area contributed by atoms with Gasteiger partial charge in [-0.1, -0.05) is 21.3 Å². The van der Waals surface area contributed by atoms with Crippen LogP contribution in [0.1, 0.15) is 47.0 Å². The van der Waals surface area contributed by atoms with E-state index in [9.17, 15) is 4.79 Å². The third-order valence-corrected chi connectivity index (χ3v) is 2.16. The van der Waals surface area contributed by atoms with Crippen molar-refractivity contribution in [2.75, 3.05) is 0 Å². The van der Waals surface area contributed by atoms with Crippen LogP contribution in [0.5, 0.6) is 0 Å². The van der Waals surface area contributed by atoms with Gasteiger partial charge in [0.25, 0.3) is 0 Å². The molecule has 0 N–H and O–H groups in total. The monoisotopic (exact) mass is 142 g/mol. The van der Waals surface area contributed by atoms with Crippen molar-refractivity contribution in [1.82, 2.24) is 0 Å². The first kappa shape index (κ1) is 9.67. The fraction of sp³-hybridized carbons (Fsp3) is 0.889. The first-order valence-corrected chi connectivity index (χ1v) is 3.62. The summed E-state index contributed by atoms with van der Waals surface area (Å²) in [6.07, 6.45) is 3.80. The van der Waals surface area contributed by atoms with Crippen molar-refractivity contribution in [1.29, 1.82) is 0 Å². The van der Waals surface area contributed by atoms with Gasteiger partial charge in [-0.15, -0.1) is 0 Å². The number of ketones is 1. The zero-order chi connectivity index (χ0) is 6.91. The van der Waals surface area contributed by atoms with Crippen LogP contribution in [-0.2, 0) is 4.79 Å². The van der Waals surface area contributed by atoms with E-state index in [-0.39, 0.29) is 7.43 Å². The lowest BCUT2D eigenvalue weighted by molar-refractivity contribution is -0.121. The number of carbonyl (C=O) groups is 1. The largest absolute Gasteiger partial charge is 0.300 e. The minimum atomic E-state index is 0. The molecule has 0 aromatic rings. The van der Waals surface area contributed by atoms with Crippen LogP contribution in [0.25, 0.3) is 0 Å². The molecular weight excluding hydrogens is 124 g/mol. The zero-order valence-corrected chi connectivity index (χ0v) is 6.24. The molecule has 0 spiro atoms. The first-order chi connectivity index (χ1) is 4.10. The summed E-state index contributed by atoms with van der Waals surface area (Å²) in [4.78, 5) is 10.8. The Kier molecular flexibility index (Phi) is 3.07. The summed E-state index contributed by atoms with van der Waals surface area (Å²) >= 11 is 0. The van der Waals surface area contributed by atoms with Gasteiger partial charge in [-0.2, -0.15) is 0 Å². The summed E-state index contributed by atoms with van der Waals surface area (Å²) in [7, 11) is 0. The molecule has 60 valence electrons. The van der Waals surface area contributed by atoms with Crippen molar-refractivity contribution in [3.63, 3.8) is 0 Å². The minimum absolute atomic E-state index is 0. The van der Waals surface area contributed by atoms with E-state index >= 15 is 0 Å². The molecule has 10 heavy (non-hydrogen) atoms. The van der Waals surface area contributed by atoms with Crippen LogP contribution >= 0.6 is 0 Å². The average molecular weight is 142 g/mol. The van der Waals surface area contributed by atoms with Crippen LogP contribution in [0.4, 0.5) is 0 Å². The average Bonchev–Trinajstić information content (AvgIpc) is 1.78. The van der Waals surface area contributed by atoms with Crippen molar-refractivity contribution in [2.24, 2.45) is 5.41 Å². The molecule has 1 heteroatoms. The van der Waals surface area contributed by atoms with Gasteiger partial charge >= 0.3 is 0 Å². The molecule has 0 aromatic heterocycles. The predicted molar refractivity (Wildman–Crippen MR) is 44.0 cm³/mol. The number of carbonyl (C=O) groups excluding carboxylic acids is 1. The van der Waals surface area contributed by atoms with Gasteiger partial charge in [-0.25, -0.2) is 0 Å². The molecule has 0 radical (unpaired) electrons. The molecule has 0 saturated heterocycles. The third kappa shape index (κ3) is 2.51. The lowest BCUT2D eigenvalue weighted by atomic mass is 9.77. The van der Waals surface area contributed by atoms with Crippen LogP contribution in [0.3, 0.4) is 0 Å². The third-order valence-electron chi connectivity index (χ3n) is 2.16. The Morgan fingerprint density at radius 1 is 1.20 bits per heavy atom. The van der Waals surface area contributed by atoms with E-state index < -0.39 is 0 Å². The lowest BCUT2D eigenvalue weighted by Crippen LogP contribution is -2.20. The van der Waals surface area contributed by atoms with Gasteiger partial charge in [0.15, 0.2) is 0 Å². The van der Waals surface area contributed by atoms with Crippen molar-refractivity contribution in [3.8, 4) is 0 Å². The Morgan fingerprint density at radius 2 is 1.60 bits per heavy atom. The first-order valence-electron chi connectivity index (χ1n) is 3.62. The summed E-state index contributed by atoms with van der Waals surface area (Å²) in [6.45, 7) is 4.47. The normalized spacial score (nSPS) is 23.6. The maximum absolute atomic E-state index is 10.8. The minimum Gasteiger partial charge on any atom is -0.300 e. The molecular formula is C9H18O. The molecule has 1 aliphatic carbocycles. The Morgan fingerprint density at radius 3 is 1.90 bits per heavy atom. The standard InChI is InChI=1S/C8H14O.CH4/c1-8(2)5-3-7(9)4-6-8;/h3-6H2,1-2H3;1H4. The number of hydrogen-bond donors (Lipinski definition) is 0. The summed E-state index contributed by atoms with van der Waals surface area (Å²) in [6, 6.07) is 0. The van der Waals surface area contributed by atoms with Crippen molar-refractivity contribution in [2.45, 2.75) is 47.0 Å². The highest BCUT2D eigenvalue weighted by molar-refractivity contribution is 5.79. The highest BCUT2D eigenvalue weighted by atomic mass is 16.1. The fourth-order valence-corrected chi connectivity index (χ4v) is 1.21. The van der Waals surface area contributed by atoms with Crippen molar-refractivity contribution >= 4 is 5.78 Å². The summed E-state index contributed by atoms with van der Waals surface area (Å²) < 4.78 is 0. The van der Waals surface area contributed by atoms with E-state index in [0.29, 0.717) is 11.2 Å². The second kappa shape index (κ2) is 3.18. The molecule has 0 bridgehead atoms. The molecule has 0 amide bonds.